The summed E-state index contributed by atoms with van der Waals surface area (Å²) in [7, 11) is 0. The molecule has 112 valence electrons. The van der Waals surface area contributed by atoms with Crippen molar-refractivity contribution in [2.24, 2.45) is 10.8 Å². The Labute approximate surface area is 133 Å². The third kappa shape index (κ3) is 5.73. The molecule has 0 aliphatic heterocycles. The number of halogens is 3. The maximum absolute atomic E-state index is 6.06. The number of hydrogen-bond acceptors (Lipinski definition) is 3. The number of nitrogens with zero attached hydrogens (tertiary/aromatic N) is 1. The van der Waals surface area contributed by atoms with Gasteiger partial charge in [0.15, 0.2) is 0 Å². The van der Waals surface area contributed by atoms with Crippen molar-refractivity contribution in [1.29, 1.82) is 0 Å². The number of ether oxygens (including phenoxy) is 1. The van der Waals surface area contributed by atoms with Crippen molar-refractivity contribution >= 4 is 46.4 Å². The molecular formula is C12H17Cl3N4O. The Morgan fingerprint density at radius 1 is 1.30 bits per heavy atom. The zero-order chi connectivity index (χ0) is 15.0. The zero-order valence-corrected chi connectivity index (χ0v) is 13.3. The average molecular weight is 340 g/mol. The van der Waals surface area contributed by atoms with Gasteiger partial charge in [-0.25, -0.2) is 5.84 Å². The van der Waals surface area contributed by atoms with Crippen LogP contribution >= 0.6 is 34.8 Å². The number of hydrogen-bond donors (Lipinski definition) is 3. The van der Waals surface area contributed by atoms with E-state index in [-0.39, 0.29) is 0 Å². The van der Waals surface area contributed by atoms with Crippen molar-refractivity contribution < 1.29 is 4.74 Å². The van der Waals surface area contributed by atoms with Crippen LogP contribution in [0.1, 0.15) is 13.3 Å². The third-order valence-corrected chi connectivity index (χ3v) is 3.12. The molecule has 0 bridgehead atoms. The highest BCUT2D eigenvalue weighted by molar-refractivity contribution is 6.42. The highest BCUT2D eigenvalue weighted by Crippen LogP contribution is 2.33. The van der Waals surface area contributed by atoms with Crippen LogP contribution in [-0.4, -0.2) is 25.7 Å². The summed E-state index contributed by atoms with van der Waals surface area (Å²) >= 11 is 18.0. The molecule has 0 saturated carbocycles. The molecule has 4 N–H and O–H groups in total. The molecule has 0 saturated heterocycles. The molecule has 1 aromatic rings. The zero-order valence-electron chi connectivity index (χ0n) is 11.0. The SMILES string of the molecule is CCOCCCN=C(NN)Nc1c(Cl)cc(Cl)cc1Cl. The lowest BCUT2D eigenvalue weighted by Crippen LogP contribution is -2.36. The highest BCUT2D eigenvalue weighted by Gasteiger charge is 2.09. The lowest BCUT2D eigenvalue weighted by Gasteiger charge is -2.12. The number of aliphatic imine (C=N–C) groups is 1. The second-order valence-electron chi connectivity index (χ2n) is 3.79. The van der Waals surface area contributed by atoms with Crippen LogP contribution in [0, 0.1) is 0 Å². The van der Waals surface area contributed by atoms with Crippen molar-refractivity contribution in [2.75, 3.05) is 25.1 Å². The fourth-order valence-corrected chi connectivity index (χ4v) is 2.31. The number of nitrogens with two attached hydrogens (primary N) is 1. The Kier molecular flexibility index (Phi) is 8.02. The van der Waals surface area contributed by atoms with Crippen LogP contribution in [0.5, 0.6) is 0 Å². The van der Waals surface area contributed by atoms with E-state index in [1.54, 1.807) is 12.1 Å². The van der Waals surface area contributed by atoms with Crippen molar-refractivity contribution in [3.05, 3.63) is 27.2 Å². The smallest absolute Gasteiger partial charge is 0.210 e. The van der Waals surface area contributed by atoms with Gasteiger partial charge in [-0.2, -0.15) is 0 Å². The molecule has 0 unspecified atom stereocenters. The van der Waals surface area contributed by atoms with E-state index in [1.807, 2.05) is 6.92 Å². The van der Waals surface area contributed by atoms with E-state index in [1.165, 1.54) is 0 Å². The van der Waals surface area contributed by atoms with Gasteiger partial charge in [-0.1, -0.05) is 34.8 Å². The first-order valence-electron chi connectivity index (χ1n) is 6.08. The number of hydrazine groups is 1. The van der Waals surface area contributed by atoms with E-state index in [4.69, 9.17) is 45.4 Å². The standard InChI is InChI=1S/C12H17Cl3N4O/c1-2-20-5-3-4-17-12(19-16)18-11-9(14)6-8(13)7-10(11)15/h6-7H,2-5,16H2,1H3,(H2,17,18,19). The normalized spacial score (nSPS) is 11.6. The van der Waals surface area contributed by atoms with Gasteiger partial charge in [0.05, 0.1) is 15.7 Å². The summed E-state index contributed by atoms with van der Waals surface area (Å²) in [5, 5.41) is 4.17. The fraction of sp³-hybridized carbons (Fsp3) is 0.417. The topological polar surface area (TPSA) is 71.7 Å². The van der Waals surface area contributed by atoms with Gasteiger partial charge in [0.1, 0.15) is 0 Å². The van der Waals surface area contributed by atoms with Crippen LogP contribution in [0.25, 0.3) is 0 Å². The van der Waals surface area contributed by atoms with Gasteiger partial charge in [-0.3, -0.25) is 10.4 Å². The van der Waals surface area contributed by atoms with Crippen LogP contribution in [0.15, 0.2) is 17.1 Å². The van der Waals surface area contributed by atoms with Crippen LogP contribution in [0.2, 0.25) is 15.1 Å². The number of anilines is 1. The number of nitrogens with one attached hydrogen (secondary N) is 2. The molecule has 0 aliphatic rings. The summed E-state index contributed by atoms with van der Waals surface area (Å²) in [5.41, 5.74) is 2.96. The van der Waals surface area contributed by atoms with E-state index >= 15 is 0 Å². The lowest BCUT2D eigenvalue weighted by atomic mass is 10.3. The molecule has 8 heteroatoms. The van der Waals surface area contributed by atoms with Crippen molar-refractivity contribution in [3.8, 4) is 0 Å². The molecule has 0 aromatic heterocycles. The Morgan fingerprint density at radius 2 is 1.95 bits per heavy atom. The first-order chi connectivity index (χ1) is 9.58. The molecule has 0 heterocycles. The van der Waals surface area contributed by atoms with Gasteiger partial charge in [-0.05, 0) is 25.5 Å². The summed E-state index contributed by atoms with van der Waals surface area (Å²) in [6, 6.07) is 3.17. The van der Waals surface area contributed by atoms with E-state index in [0.29, 0.717) is 46.5 Å². The number of benzene rings is 1. The molecule has 0 atom stereocenters. The maximum Gasteiger partial charge on any atom is 0.210 e. The molecule has 1 aromatic carbocycles. The summed E-state index contributed by atoms with van der Waals surface area (Å²) in [6.07, 6.45) is 0.794. The average Bonchev–Trinajstić information content (AvgIpc) is 2.40. The van der Waals surface area contributed by atoms with Gasteiger partial charge in [-0.15, -0.1) is 0 Å². The van der Waals surface area contributed by atoms with Crippen molar-refractivity contribution in [1.82, 2.24) is 5.43 Å². The van der Waals surface area contributed by atoms with Gasteiger partial charge >= 0.3 is 0 Å². The Bertz CT molecular complexity index is 445. The Morgan fingerprint density at radius 3 is 2.50 bits per heavy atom. The predicted molar refractivity (Wildman–Crippen MR) is 85.8 cm³/mol. The van der Waals surface area contributed by atoms with Crippen LogP contribution < -0.4 is 16.6 Å². The predicted octanol–water partition coefficient (Wildman–Crippen LogP) is 3.30. The minimum absolute atomic E-state index is 0.368. The molecule has 0 aliphatic carbocycles. The van der Waals surface area contributed by atoms with Gasteiger partial charge < -0.3 is 10.1 Å². The molecule has 20 heavy (non-hydrogen) atoms. The molecule has 0 radical (unpaired) electrons. The second kappa shape index (κ2) is 9.26. The number of guanidine groups is 1. The molecule has 0 spiro atoms. The van der Waals surface area contributed by atoms with Crippen molar-refractivity contribution in [2.45, 2.75) is 13.3 Å². The Hall–Kier alpha value is -0.720. The molecule has 0 fully saturated rings. The van der Waals surface area contributed by atoms with Gasteiger partial charge in [0.2, 0.25) is 5.96 Å². The van der Waals surface area contributed by atoms with Crippen molar-refractivity contribution in [3.63, 3.8) is 0 Å². The van der Waals surface area contributed by atoms with E-state index < -0.39 is 0 Å². The minimum atomic E-state index is 0.368. The maximum atomic E-state index is 6.06. The van der Waals surface area contributed by atoms with E-state index in [9.17, 15) is 0 Å². The van der Waals surface area contributed by atoms with Gasteiger partial charge in [0.25, 0.3) is 0 Å². The van der Waals surface area contributed by atoms with E-state index in [2.05, 4.69) is 15.7 Å². The summed E-state index contributed by atoms with van der Waals surface area (Å²) in [4.78, 5) is 4.25. The van der Waals surface area contributed by atoms with E-state index in [0.717, 1.165) is 6.42 Å². The molecule has 0 amide bonds. The summed E-state index contributed by atoms with van der Waals surface area (Å²) < 4.78 is 5.22. The lowest BCUT2D eigenvalue weighted by molar-refractivity contribution is 0.146. The third-order valence-electron chi connectivity index (χ3n) is 2.31. The monoisotopic (exact) mass is 338 g/mol. The van der Waals surface area contributed by atoms with Crippen LogP contribution in [0.3, 0.4) is 0 Å². The molecule has 5 nitrogen and oxygen atoms in total. The molecule has 1 rings (SSSR count). The minimum Gasteiger partial charge on any atom is -0.382 e. The summed E-state index contributed by atoms with van der Waals surface area (Å²) in [5.74, 6) is 5.77. The van der Waals surface area contributed by atoms with Crippen LogP contribution in [0.4, 0.5) is 5.69 Å². The highest BCUT2D eigenvalue weighted by atomic mass is 35.5. The van der Waals surface area contributed by atoms with Gasteiger partial charge in [0, 0.05) is 24.8 Å². The summed E-state index contributed by atoms with van der Waals surface area (Å²) in [6.45, 7) is 3.86. The largest absolute Gasteiger partial charge is 0.382 e. The van der Waals surface area contributed by atoms with Crippen LogP contribution in [-0.2, 0) is 4.74 Å². The molecular weight excluding hydrogens is 323 g/mol. The fourth-order valence-electron chi connectivity index (χ4n) is 1.40. The first kappa shape index (κ1) is 17.3. The second-order valence-corrected chi connectivity index (χ2v) is 5.05. The Balaban J connectivity index is 2.66. The quantitative estimate of drug-likeness (QED) is 0.244. The first-order valence-corrected chi connectivity index (χ1v) is 7.22. The number of rotatable bonds is 6.